The van der Waals surface area contributed by atoms with Crippen molar-refractivity contribution >= 4 is 17.0 Å². The molecule has 0 spiro atoms. The molecular formula is C15H13N5S. The van der Waals surface area contributed by atoms with Crippen LogP contribution in [0.25, 0.3) is 11.4 Å². The van der Waals surface area contributed by atoms with E-state index in [4.69, 9.17) is 5.26 Å². The summed E-state index contributed by atoms with van der Waals surface area (Å²) in [6.45, 7) is 0.682. The second kappa shape index (κ2) is 5.77. The van der Waals surface area contributed by atoms with E-state index in [1.54, 1.807) is 17.7 Å². The molecule has 3 rings (SSSR count). The lowest BCUT2D eigenvalue weighted by Crippen LogP contribution is -2.01. The van der Waals surface area contributed by atoms with E-state index < -0.39 is 0 Å². The molecule has 1 N–H and O–H groups in total. The van der Waals surface area contributed by atoms with Gasteiger partial charge >= 0.3 is 0 Å². The molecule has 21 heavy (non-hydrogen) atoms. The standard InChI is InChI=1S/C15H13N5S/c1-20-10-18-19-15(20)13-4-2-3-5-14(13)17-8-12-6-11(7-16)9-21-12/h2-6,9-10,17H,8H2,1H3. The van der Waals surface area contributed by atoms with Gasteiger partial charge in [0.05, 0.1) is 5.56 Å². The lowest BCUT2D eigenvalue weighted by Gasteiger charge is -2.10. The van der Waals surface area contributed by atoms with E-state index >= 15 is 0 Å². The first-order chi connectivity index (χ1) is 10.3. The van der Waals surface area contributed by atoms with Crippen molar-refractivity contribution in [1.29, 1.82) is 5.26 Å². The molecule has 2 aromatic heterocycles. The molecule has 0 aliphatic heterocycles. The van der Waals surface area contributed by atoms with E-state index in [-0.39, 0.29) is 0 Å². The number of para-hydroxylation sites is 1. The molecule has 0 bridgehead atoms. The Hall–Kier alpha value is -2.65. The van der Waals surface area contributed by atoms with Crippen molar-refractivity contribution in [3.8, 4) is 17.5 Å². The number of anilines is 1. The lowest BCUT2D eigenvalue weighted by atomic mass is 10.1. The van der Waals surface area contributed by atoms with Crippen molar-refractivity contribution < 1.29 is 0 Å². The highest BCUT2D eigenvalue weighted by Gasteiger charge is 2.09. The van der Waals surface area contributed by atoms with Crippen LogP contribution in [0, 0.1) is 11.3 Å². The lowest BCUT2D eigenvalue weighted by molar-refractivity contribution is 0.919. The Morgan fingerprint density at radius 3 is 2.95 bits per heavy atom. The summed E-state index contributed by atoms with van der Waals surface area (Å²) >= 11 is 1.58. The van der Waals surface area contributed by atoms with Gasteiger partial charge in [0.1, 0.15) is 12.4 Å². The van der Waals surface area contributed by atoms with Crippen LogP contribution in [-0.4, -0.2) is 14.8 Å². The predicted octanol–water partition coefficient (Wildman–Crippen LogP) is 3.03. The fourth-order valence-electron chi connectivity index (χ4n) is 2.07. The summed E-state index contributed by atoms with van der Waals surface area (Å²) in [5.74, 6) is 0.821. The van der Waals surface area contributed by atoms with Crippen LogP contribution in [0.15, 0.2) is 42.0 Å². The van der Waals surface area contributed by atoms with E-state index in [1.807, 2.05) is 47.3 Å². The van der Waals surface area contributed by atoms with Crippen molar-refractivity contribution in [1.82, 2.24) is 14.8 Å². The second-order valence-corrected chi connectivity index (χ2v) is 5.57. The molecule has 0 saturated heterocycles. The van der Waals surface area contributed by atoms with Crippen molar-refractivity contribution in [3.63, 3.8) is 0 Å². The number of nitrogens with one attached hydrogen (secondary N) is 1. The first-order valence-electron chi connectivity index (χ1n) is 6.42. The second-order valence-electron chi connectivity index (χ2n) is 4.58. The van der Waals surface area contributed by atoms with Crippen molar-refractivity contribution in [2.75, 3.05) is 5.32 Å². The molecule has 2 heterocycles. The maximum Gasteiger partial charge on any atom is 0.165 e. The Balaban J connectivity index is 1.83. The number of hydrogen-bond acceptors (Lipinski definition) is 5. The van der Waals surface area contributed by atoms with Crippen molar-refractivity contribution in [2.24, 2.45) is 7.05 Å². The number of nitrogens with zero attached hydrogens (tertiary/aromatic N) is 4. The average molecular weight is 295 g/mol. The third-order valence-electron chi connectivity index (χ3n) is 3.12. The normalized spacial score (nSPS) is 10.3. The third kappa shape index (κ3) is 2.78. The smallest absolute Gasteiger partial charge is 0.165 e. The average Bonchev–Trinajstić information content (AvgIpc) is 3.14. The van der Waals surface area contributed by atoms with Crippen LogP contribution in [0.5, 0.6) is 0 Å². The summed E-state index contributed by atoms with van der Waals surface area (Å²) in [5.41, 5.74) is 2.72. The van der Waals surface area contributed by atoms with Crippen LogP contribution >= 0.6 is 11.3 Å². The molecule has 0 unspecified atom stereocenters. The van der Waals surface area contributed by atoms with Crippen LogP contribution in [0.1, 0.15) is 10.4 Å². The molecule has 0 aliphatic rings. The zero-order valence-electron chi connectivity index (χ0n) is 11.4. The van der Waals surface area contributed by atoms with Crippen molar-refractivity contribution in [3.05, 3.63) is 52.5 Å². The van der Waals surface area contributed by atoms with Crippen LogP contribution in [-0.2, 0) is 13.6 Å². The molecule has 0 amide bonds. The minimum absolute atomic E-state index is 0.682. The number of nitriles is 1. The third-order valence-corrected chi connectivity index (χ3v) is 4.05. The molecule has 6 heteroatoms. The van der Waals surface area contributed by atoms with Crippen LogP contribution in [0.2, 0.25) is 0 Å². The highest BCUT2D eigenvalue weighted by atomic mass is 32.1. The molecule has 0 fully saturated rings. The number of thiophene rings is 1. The van der Waals surface area contributed by atoms with Gasteiger partial charge in [0.25, 0.3) is 0 Å². The monoisotopic (exact) mass is 295 g/mol. The van der Waals surface area contributed by atoms with Gasteiger partial charge in [0, 0.05) is 35.1 Å². The summed E-state index contributed by atoms with van der Waals surface area (Å²) in [7, 11) is 1.92. The molecular weight excluding hydrogens is 282 g/mol. The first kappa shape index (κ1) is 13.3. The zero-order chi connectivity index (χ0) is 14.7. The van der Waals surface area contributed by atoms with Crippen molar-refractivity contribution in [2.45, 2.75) is 6.54 Å². The van der Waals surface area contributed by atoms with Crippen LogP contribution in [0.4, 0.5) is 5.69 Å². The van der Waals surface area contributed by atoms with Crippen LogP contribution < -0.4 is 5.32 Å². The highest BCUT2D eigenvalue weighted by Crippen LogP contribution is 2.26. The number of rotatable bonds is 4. The molecule has 0 radical (unpaired) electrons. The Morgan fingerprint density at radius 1 is 1.38 bits per heavy atom. The largest absolute Gasteiger partial charge is 0.380 e. The van der Waals surface area contributed by atoms with Crippen LogP contribution in [0.3, 0.4) is 0 Å². The van der Waals surface area contributed by atoms with Gasteiger partial charge in [0.15, 0.2) is 5.82 Å². The molecule has 1 aromatic carbocycles. The van der Waals surface area contributed by atoms with Gasteiger partial charge in [-0.05, 0) is 18.2 Å². The SMILES string of the molecule is Cn1cnnc1-c1ccccc1NCc1cc(C#N)cs1. The Bertz CT molecular complexity index is 796. The maximum atomic E-state index is 8.85. The van der Waals surface area contributed by atoms with Gasteiger partial charge < -0.3 is 9.88 Å². The highest BCUT2D eigenvalue weighted by molar-refractivity contribution is 7.10. The summed E-state index contributed by atoms with van der Waals surface area (Å²) in [5, 5.41) is 22.2. The first-order valence-corrected chi connectivity index (χ1v) is 7.30. The Labute approximate surface area is 126 Å². The fraction of sp³-hybridized carbons (Fsp3) is 0.133. The Morgan fingerprint density at radius 2 is 2.24 bits per heavy atom. The van der Waals surface area contributed by atoms with E-state index in [1.165, 1.54) is 0 Å². The summed E-state index contributed by atoms with van der Waals surface area (Å²) in [6, 6.07) is 12.0. The number of hydrogen-bond donors (Lipinski definition) is 1. The van der Waals surface area contributed by atoms with Gasteiger partial charge in [-0.15, -0.1) is 21.5 Å². The number of benzene rings is 1. The molecule has 0 saturated carbocycles. The zero-order valence-corrected chi connectivity index (χ0v) is 12.3. The molecule has 3 aromatic rings. The summed E-state index contributed by atoms with van der Waals surface area (Å²) in [4.78, 5) is 1.12. The van der Waals surface area contributed by atoms with Gasteiger partial charge in [-0.3, -0.25) is 0 Å². The molecule has 0 aliphatic carbocycles. The summed E-state index contributed by atoms with van der Waals surface area (Å²) in [6.07, 6.45) is 1.69. The number of aryl methyl sites for hydroxylation is 1. The molecule has 104 valence electrons. The van der Waals surface area contributed by atoms with E-state index in [0.717, 1.165) is 22.0 Å². The summed E-state index contributed by atoms with van der Waals surface area (Å²) < 4.78 is 1.89. The molecule has 0 atom stereocenters. The molecule has 5 nitrogen and oxygen atoms in total. The fourth-order valence-corrected chi connectivity index (χ4v) is 2.82. The van der Waals surface area contributed by atoms with Gasteiger partial charge in [0.2, 0.25) is 0 Å². The minimum atomic E-state index is 0.682. The van der Waals surface area contributed by atoms with Gasteiger partial charge in [-0.2, -0.15) is 5.26 Å². The Kier molecular flexibility index (Phi) is 3.67. The van der Waals surface area contributed by atoms with Gasteiger partial charge in [-0.1, -0.05) is 12.1 Å². The topological polar surface area (TPSA) is 66.5 Å². The van der Waals surface area contributed by atoms with Gasteiger partial charge in [-0.25, -0.2) is 0 Å². The minimum Gasteiger partial charge on any atom is -0.380 e. The van der Waals surface area contributed by atoms with E-state index in [2.05, 4.69) is 21.6 Å². The quantitative estimate of drug-likeness (QED) is 0.803. The maximum absolute atomic E-state index is 8.85. The van der Waals surface area contributed by atoms with E-state index in [9.17, 15) is 0 Å². The predicted molar refractivity (Wildman–Crippen MR) is 82.8 cm³/mol. The van der Waals surface area contributed by atoms with E-state index in [0.29, 0.717) is 12.1 Å². The number of aromatic nitrogens is 3.